The Labute approximate surface area is 140 Å². The number of nitrogens with zero attached hydrogens (tertiary/aromatic N) is 2. The highest BCUT2D eigenvalue weighted by Gasteiger charge is 2.17. The highest BCUT2D eigenvalue weighted by atomic mass is 79.9. The van der Waals surface area contributed by atoms with Gasteiger partial charge in [-0.15, -0.1) is 0 Å². The van der Waals surface area contributed by atoms with Crippen LogP contribution in [0, 0.1) is 0 Å². The molecule has 22 heavy (non-hydrogen) atoms. The van der Waals surface area contributed by atoms with Crippen LogP contribution in [0.15, 0.2) is 22.7 Å². The highest BCUT2D eigenvalue weighted by Crippen LogP contribution is 2.26. The standard InChI is InChI=1S/C16H25BrN2O3/c1-21-16-3-2-14(12-15(16)17)13-19-6-4-18(5-7-19)8-10-22-11-9-20/h2-3,12,20H,4-11,13H2,1H3. The maximum Gasteiger partial charge on any atom is 0.133 e. The van der Waals surface area contributed by atoms with E-state index in [4.69, 9.17) is 14.6 Å². The molecule has 1 aromatic rings. The molecular weight excluding hydrogens is 348 g/mol. The lowest BCUT2D eigenvalue weighted by atomic mass is 10.2. The molecule has 0 aromatic heterocycles. The second kappa shape index (κ2) is 9.47. The largest absolute Gasteiger partial charge is 0.496 e. The first-order chi connectivity index (χ1) is 10.7. The van der Waals surface area contributed by atoms with Crippen molar-refractivity contribution < 1.29 is 14.6 Å². The number of benzene rings is 1. The molecule has 124 valence electrons. The van der Waals surface area contributed by atoms with Crippen molar-refractivity contribution in [2.75, 3.05) is 59.7 Å². The Hall–Kier alpha value is -0.660. The summed E-state index contributed by atoms with van der Waals surface area (Å²) in [5.41, 5.74) is 1.30. The number of halogens is 1. The van der Waals surface area contributed by atoms with Gasteiger partial charge >= 0.3 is 0 Å². The van der Waals surface area contributed by atoms with Crippen LogP contribution in [-0.4, -0.2) is 74.6 Å². The smallest absolute Gasteiger partial charge is 0.133 e. The van der Waals surface area contributed by atoms with Gasteiger partial charge in [0.05, 0.1) is 31.4 Å². The molecule has 1 fully saturated rings. The molecule has 0 amide bonds. The number of ether oxygens (including phenoxy) is 2. The van der Waals surface area contributed by atoms with Gasteiger partial charge in [-0.1, -0.05) is 6.07 Å². The first kappa shape index (κ1) is 17.7. The fourth-order valence-corrected chi connectivity index (χ4v) is 3.19. The van der Waals surface area contributed by atoms with Gasteiger partial charge in [0.25, 0.3) is 0 Å². The molecule has 0 spiro atoms. The molecule has 0 atom stereocenters. The molecule has 0 aliphatic carbocycles. The van der Waals surface area contributed by atoms with Crippen LogP contribution < -0.4 is 4.74 Å². The van der Waals surface area contributed by atoms with Crippen LogP contribution in [-0.2, 0) is 11.3 Å². The first-order valence-electron chi connectivity index (χ1n) is 7.68. The summed E-state index contributed by atoms with van der Waals surface area (Å²) in [6, 6.07) is 6.26. The van der Waals surface area contributed by atoms with E-state index in [-0.39, 0.29) is 6.61 Å². The zero-order chi connectivity index (χ0) is 15.8. The zero-order valence-corrected chi connectivity index (χ0v) is 14.7. The van der Waals surface area contributed by atoms with E-state index in [9.17, 15) is 0 Å². The fraction of sp³-hybridized carbons (Fsp3) is 0.625. The van der Waals surface area contributed by atoms with Crippen molar-refractivity contribution in [3.63, 3.8) is 0 Å². The molecule has 5 nitrogen and oxygen atoms in total. The maximum atomic E-state index is 8.67. The van der Waals surface area contributed by atoms with Crippen molar-refractivity contribution in [2.45, 2.75) is 6.54 Å². The molecule has 1 saturated heterocycles. The molecule has 1 N–H and O–H groups in total. The third-order valence-electron chi connectivity index (χ3n) is 3.87. The van der Waals surface area contributed by atoms with E-state index in [1.165, 1.54) is 5.56 Å². The molecule has 1 aromatic carbocycles. The van der Waals surface area contributed by atoms with Crippen molar-refractivity contribution in [2.24, 2.45) is 0 Å². The van der Waals surface area contributed by atoms with Gasteiger partial charge in [-0.3, -0.25) is 9.80 Å². The third-order valence-corrected chi connectivity index (χ3v) is 4.49. The lowest BCUT2D eigenvalue weighted by molar-refractivity contribution is 0.0564. The average molecular weight is 373 g/mol. The third kappa shape index (κ3) is 5.52. The van der Waals surface area contributed by atoms with E-state index >= 15 is 0 Å². The summed E-state index contributed by atoms with van der Waals surface area (Å²) in [6.45, 7) is 7.44. The Bertz CT molecular complexity index is 451. The Balaban J connectivity index is 1.72. The molecule has 6 heteroatoms. The van der Waals surface area contributed by atoms with Gasteiger partial charge in [-0.2, -0.15) is 0 Å². The van der Waals surface area contributed by atoms with Crippen LogP contribution in [0.5, 0.6) is 5.75 Å². The summed E-state index contributed by atoms with van der Waals surface area (Å²) in [4.78, 5) is 4.89. The van der Waals surface area contributed by atoms with Crippen molar-refractivity contribution in [3.05, 3.63) is 28.2 Å². The van der Waals surface area contributed by atoms with Gasteiger partial charge < -0.3 is 14.6 Å². The molecule has 1 aliphatic rings. The predicted octanol–water partition coefficient (Wildman–Crippen LogP) is 1.58. The molecule has 1 aliphatic heterocycles. The molecule has 0 radical (unpaired) electrons. The number of aliphatic hydroxyl groups is 1. The summed E-state index contributed by atoms with van der Waals surface area (Å²) in [6.07, 6.45) is 0. The number of aliphatic hydroxyl groups excluding tert-OH is 1. The van der Waals surface area contributed by atoms with E-state index in [2.05, 4.69) is 37.9 Å². The number of methoxy groups -OCH3 is 1. The second-order valence-corrected chi connectivity index (χ2v) is 6.28. The highest BCUT2D eigenvalue weighted by molar-refractivity contribution is 9.10. The molecule has 0 unspecified atom stereocenters. The van der Waals surface area contributed by atoms with Crippen LogP contribution in [0.3, 0.4) is 0 Å². The Morgan fingerprint density at radius 3 is 2.50 bits per heavy atom. The number of hydrogen-bond donors (Lipinski definition) is 1. The maximum absolute atomic E-state index is 8.67. The van der Waals surface area contributed by atoms with Gasteiger partial charge in [-0.25, -0.2) is 0 Å². The van der Waals surface area contributed by atoms with Crippen LogP contribution in [0.25, 0.3) is 0 Å². The molecule has 1 heterocycles. The summed E-state index contributed by atoms with van der Waals surface area (Å²) in [5.74, 6) is 0.872. The first-order valence-corrected chi connectivity index (χ1v) is 8.48. The van der Waals surface area contributed by atoms with Gasteiger partial charge in [0.1, 0.15) is 5.75 Å². The number of hydrogen-bond acceptors (Lipinski definition) is 5. The van der Waals surface area contributed by atoms with Crippen LogP contribution in [0.1, 0.15) is 5.56 Å². The lowest BCUT2D eigenvalue weighted by Crippen LogP contribution is -2.46. The van der Waals surface area contributed by atoms with Gasteiger partial charge in [0.15, 0.2) is 0 Å². The molecule has 2 rings (SSSR count). The second-order valence-electron chi connectivity index (χ2n) is 5.42. The Morgan fingerprint density at radius 1 is 1.14 bits per heavy atom. The number of piperazine rings is 1. The van der Waals surface area contributed by atoms with E-state index in [0.717, 1.165) is 49.5 Å². The topological polar surface area (TPSA) is 45.2 Å². The van der Waals surface area contributed by atoms with Gasteiger partial charge in [0, 0.05) is 39.3 Å². The summed E-state index contributed by atoms with van der Waals surface area (Å²) < 4.78 is 11.6. The van der Waals surface area contributed by atoms with E-state index in [1.807, 2.05) is 6.07 Å². The summed E-state index contributed by atoms with van der Waals surface area (Å²) in [5, 5.41) is 8.67. The predicted molar refractivity (Wildman–Crippen MR) is 90.3 cm³/mol. The van der Waals surface area contributed by atoms with Crippen LogP contribution in [0.4, 0.5) is 0 Å². The van der Waals surface area contributed by atoms with Crippen molar-refractivity contribution >= 4 is 15.9 Å². The lowest BCUT2D eigenvalue weighted by Gasteiger charge is -2.34. The monoisotopic (exact) mass is 372 g/mol. The quantitative estimate of drug-likeness (QED) is 0.702. The zero-order valence-electron chi connectivity index (χ0n) is 13.1. The molecule has 0 bridgehead atoms. The van der Waals surface area contributed by atoms with Crippen LogP contribution >= 0.6 is 15.9 Å². The Morgan fingerprint density at radius 2 is 1.86 bits per heavy atom. The van der Waals surface area contributed by atoms with E-state index in [0.29, 0.717) is 13.2 Å². The Kier molecular flexibility index (Phi) is 7.62. The summed E-state index contributed by atoms with van der Waals surface area (Å²) >= 11 is 3.54. The van der Waals surface area contributed by atoms with E-state index < -0.39 is 0 Å². The average Bonchev–Trinajstić information content (AvgIpc) is 2.53. The van der Waals surface area contributed by atoms with Crippen molar-refractivity contribution in [1.82, 2.24) is 9.80 Å². The fourth-order valence-electron chi connectivity index (χ4n) is 2.60. The molecular formula is C16H25BrN2O3. The minimum absolute atomic E-state index is 0.102. The minimum atomic E-state index is 0.102. The SMILES string of the molecule is COc1ccc(CN2CCN(CCOCCO)CC2)cc1Br. The van der Waals surface area contributed by atoms with E-state index in [1.54, 1.807) is 7.11 Å². The van der Waals surface area contributed by atoms with Gasteiger partial charge in [-0.05, 0) is 33.6 Å². The number of rotatable bonds is 8. The van der Waals surface area contributed by atoms with Crippen molar-refractivity contribution in [3.8, 4) is 5.75 Å². The van der Waals surface area contributed by atoms with Gasteiger partial charge in [0.2, 0.25) is 0 Å². The minimum Gasteiger partial charge on any atom is -0.496 e. The normalized spacial score (nSPS) is 16.9. The summed E-state index contributed by atoms with van der Waals surface area (Å²) in [7, 11) is 1.68. The van der Waals surface area contributed by atoms with Crippen molar-refractivity contribution in [1.29, 1.82) is 0 Å². The molecule has 0 saturated carbocycles. The van der Waals surface area contributed by atoms with Crippen LogP contribution in [0.2, 0.25) is 0 Å².